The van der Waals surface area contributed by atoms with Gasteiger partial charge in [-0.05, 0) is 37.2 Å². The van der Waals surface area contributed by atoms with Crippen LogP contribution in [0.25, 0.3) is 0 Å². The lowest BCUT2D eigenvalue weighted by Crippen LogP contribution is -2.27. The van der Waals surface area contributed by atoms with Crippen LogP contribution in [0.3, 0.4) is 0 Å². The SMILES string of the molecule is N#Cc1ccc(OCC[C@@H]2CO[C@@H]3CN(CC4CC4)C[C@H]23)nc1. The molecule has 3 aliphatic rings. The molecule has 0 radical (unpaired) electrons. The molecular formula is C18H23N3O2. The third-order valence-electron chi connectivity index (χ3n) is 5.33. The van der Waals surface area contributed by atoms with Crippen LogP contribution in [0, 0.1) is 29.1 Å². The maximum absolute atomic E-state index is 8.77. The number of rotatable bonds is 6. The van der Waals surface area contributed by atoms with E-state index in [0.717, 1.165) is 25.5 Å². The van der Waals surface area contributed by atoms with Crippen LogP contribution < -0.4 is 4.74 Å². The molecule has 1 aliphatic carbocycles. The molecule has 0 aromatic carbocycles. The van der Waals surface area contributed by atoms with Gasteiger partial charge in [0, 0.05) is 37.8 Å². The summed E-state index contributed by atoms with van der Waals surface area (Å²) in [6.45, 7) is 5.13. The van der Waals surface area contributed by atoms with Crippen LogP contribution in [0.2, 0.25) is 0 Å². The number of fused-ring (bicyclic) bond motifs is 1. The summed E-state index contributed by atoms with van der Waals surface area (Å²) in [5.74, 6) is 2.83. The van der Waals surface area contributed by atoms with Crippen molar-refractivity contribution in [1.29, 1.82) is 5.26 Å². The Hall–Kier alpha value is -1.64. The summed E-state index contributed by atoms with van der Waals surface area (Å²) in [6.07, 6.45) is 5.84. The number of aromatic nitrogens is 1. The van der Waals surface area contributed by atoms with E-state index in [2.05, 4.69) is 16.0 Å². The molecule has 0 bridgehead atoms. The summed E-state index contributed by atoms with van der Waals surface area (Å²) in [6, 6.07) is 5.57. The summed E-state index contributed by atoms with van der Waals surface area (Å²) in [7, 11) is 0. The van der Waals surface area contributed by atoms with Crippen LogP contribution in [0.15, 0.2) is 18.3 Å². The van der Waals surface area contributed by atoms with Crippen LogP contribution in [-0.4, -0.2) is 48.8 Å². The second-order valence-electron chi connectivity index (χ2n) is 7.09. The first-order valence-electron chi connectivity index (χ1n) is 8.65. The lowest BCUT2D eigenvalue weighted by molar-refractivity contribution is 0.0926. The van der Waals surface area contributed by atoms with Gasteiger partial charge in [0.25, 0.3) is 0 Å². The number of nitrogens with zero attached hydrogens (tertiary/aromatic N) is 3. The lowest BCUT2D eigenvalue weighted by Gasteiger charge is -2.19. The van der Waals surface area contributed by atoms with Crippen LogP contribution in [0.1, 0.15) is 24.8 Å². The zero-order chi connectivity index (χ0) is 15.6. The van der Waals surface area contributed by atoms with Gasteiger partial charge in [0.1, 0.15) is 6.07 Å². The minimum absolute atomic E-state index is 0.437. The summed E-state index contributed by atoms with van der Waals surface area (Å²) in [5.41, 5.74) is 0.561. The van der Waals surface area contributed by atoms with Crippen molar-refractivity contribution < 1.29 is 9.47 Å². The van der Waals surface area contributed by atoms with Gasteiger partial charge < -0.3 is 14.4 Å². The molecule has 0 amide bonds. The smallest absolute Gasteiger partial charge is 0.213 e. The minimum Gasteiger partial charge on any atom is -0.478 e. The van der Waals surface area contributed by atoms with Gasteiger partial charge in [0.15, 0.2) is 0 Å². The van der Waals surface area contributed by atoms with E-state index in [1.807, 2.05) is 0 Å². The Balaban J connectivity index is 1.24. The highest BCUT2D eigenvalue weighted by Gasteiger charge is 2.44. The van der Waals surface area contributed by atoms with Gasteiger partial charge in [-0.2, -0.15) is 5.26 Å². The van der Waals surface area contributed by atoms with Gasteiger partial charge in [0.2, 0.25) is 5.88 Å². The van der Waals surface area contributed by atoms with Gasteiger partial charge in [0.05, 0.1) is 24.9 Å². The monoisotopic (exact) mass is 313 g/mol. The molecule has 1 saturated carbocycles. The molecule has 1 aromatic heterocycles. The Kier molecular flexibility index (Phi) is 4.19. The molecule has 4 rings (SSSR count). The molecule has 0 spiro atoms. The van der Waals surface area contributed by atoms with Crippen molar-refractivity contribution in [3.63, 3.8) is 0 Å². The number of hydrogen-bond donors (Lipinski definition) is 0. The highest BCUT2D eigenvalue weighted by atomic mass is 16.5. The number of ether oxygens (including phenoxy) is 2. The quantitative estimate of drug-likeness (QED) is 0.805. The second-order valence-corrected chi connectivity index (χ2v) is 7.09. The van der Waals surface area contributed by atoms with Gasteiger partial charge in [-0.25, -0.2) is 4.98 Å². The molecule has 1 aromatic rings. The molecule has 3 atom stereocenters. The second kappa shape index (κ2) is 6.46. The van der Waals surface area contributed by atoms with Crippen LogP contribution in [0.4, 0.5) is 0 Å². The summed E-state index contributed by atoms with van der Waals surface area (Å²) in [5, 5.41) is 8.77. The van der Waals surface area contributed by atoms with Crippen molar-refractivity contribution in [2.45, 2.75) is 25.4 Å². The first kappa shape index (κ1) is 14.9. The largest absolute Gasteiger partial charge is 0.478 e. The molecule has 5 heteroatoms. The van der Waals surface area contributed by atoms with E-state index in [9.17, 15) is 0 Å². The number of hydrogen-bond acceptors (Lipinski definition) is 5. The van der Waals surface area contributed by atoms with E-state index in [4.69, 9.17) is 14.7 Å². The van der Waals surface area contributed by atoms with Crippen LogP contribution in [0.5, 0.6) is 5.88 Å². The Morgan fingerprint density at radius 2 is 2.26 bits per heavy atom. The fraction of sp³-hybridized carbons (Fsp3) is 0.667. The average molecular weight is 313 g/mol. The van der Waals surface area contributed by atoms with Crippen molar-refractivity contribution in [2.24, 2.45) is 17.8 Å². The highest BCUT2D eigenvalue weighted by molar-refractivity contribution is 5.28. The summed E-state index contributed by atoms with van der Waals surface area (Å²) >= 11 is 0. The number of likely N-dealkylation sites (tertiary alicyclic amines) is 1. The maximum Gasteiger partial charge on any atom is 0.213 e. The van der Waals surface area contributed by atoms with Crippen molar-refractivity contribution in [2.75, 3.05) is 32.8 Å². The van der Waals surface area contributed by atoms with Crippen LogP contribution >= 0.6 is 0 Å². The Bertz CT molecular complexity index is 579. The molecule has 23 heavy (non-hydrogen) atoms. The third-order valence-corrected chi connectivity index (χ3v) is 5.33. The Labute approximate surface area is 137 Å². The van der Waals surface area contributed by atoms with E-state index in [1.165, 1.54) is 25.9 Å². The number of nitriles is 1. The van der Waals surface area contributed by atoms with Gasteiger partial charge >= 0.3 is 0 Å². The molecule has 0 N–H and O–H groups in total. The van der Waals surface area contributed by atoms with Gasteiger partial charge in [-0.1, -0.05) is 0 Å². The van der Waals surface area contributed by atoms with Gasteiger partial charge in [-0.15, -0.1) is 0 Å². The highest BCUT2D eigenvalue weighted by Crippen LogP contribution is 2.38. The van der Waals surface area contributed by atoms with E-state index in [1.54, 1.807) is 18.3 Å². The predicted octanol–water partition coefficient (Wildman–Crippen LogP) is 2.08. The van der Waals surface area contributed by atoms with Crippen molar-refractivity contribution in [3.8, 4) is 11.9 Å². The summed E-state index contributed by atoms with van der Waals surface area (Å²) in [4.78, 5) is 6.75. The van der Waals surface area contributed by atoms with Crippen molar-refractivity contribution in [3.05, 3.63) is 23.9 Å². The molecule has 122 valence electrons. The molecular weight excluding hydrogens is 290 g/mol. The van der Waals surface area contributed by atoms with E-state index < -0.39 is 0 Å². The minimum atomic E-state index is 0.437. The molecule has 2 aliphatic heterocycles. The zero-order valence-electron chi connectivity index (χ0n) is 13.4. The summed E-state index contributed by atoms with van der Waals surface area (Å²) < 4.78 is 11.7. The first-order valence-corrected chi connectivity index (χ1v) is 8.65. The molecule has 3 heterocycles. The molecule has 5 nitrogen and oxygen atoms in total. The van der Waals surface area contributed by atoms with E-state index in [-0.39, 0.29) is 0 Å². The standard InChI is InChI=1S/C18H23N3O2/c19-7-14-3-4-18(20-8-14)22-6-5-15-12-23-17-11-21(10-16(15)17)9-13-1-2-13/h3-4,8,13,15-17H,1-2,5-6,9-12H2/t15-,16-,17-/m1/s1. The fourth-order valence-corrected chi connectivity index (χ4v) is 3.84. The topological polar surface area (TPSA) is 58.4 Å². The van der Waals surface area contributed by atoms with Crippen molar-refractivity contribution >= 4 is 0 Å². The molecule has 0 unspecified atom stereocenters. The van der Waals surface area contributed by atoms with E-state index in [0.29, 0.717) is 36.0 Å². The Morgan fingerprint density at radius 1 is 1.35 bits per heavy atom. The molecule has 2 saturated heterocycles. The zero-order valence-corrected chi connectivity index (χ0v) is 13.4. The van der Waals surface area contributed by atoms with Crippen molar-refractivity contribution in [1.82, 2.24) is 9.88 Å². The Morgan fingerprint density at radius 3 is 3.00 bits per heavy atom. The number of pyridine rings is 1. The van der Waals surface area contributed by atoms with Gasteiger partial charge in [-0.3, -0.25) is 0 Å². The predicted molar refractivity (Wildman–Crippen MR) is 84.9 cm³/mol. The first-order chi connectivity index (χ1) is 11.3. The third kappa shape index (κ3) is 3.49. The normalized spacial score (nSPS) is 30.1. The van der Waals surface area contributed by atoms with E-state index >= 15 is 0 Å². The maximum atomic E-state index is 8.77. The molecule has 3 fully saturated rings. The fourth-order valence-electron chi connectivity index (χ4n) is 3.84. The van der Waals surface area contributed by atoms with Crippen LogP contribution in [-0.2, 0) is 4.74 Å². The average Bonchev–Trinajstić information content (AvgIpc) is 3.17. The lowest BCUT2D eigenvalue weighted by atomic mass is 9.91.